The van der Waals surface area contributed by atoms with Crippen molar-refractivity contribution in [1.29, 1.82) is 0 Å². The molecule has 1 N–H and O–H groups in total. The molecule has 102 valence electrons. The van der Waals surface area contributed by atoms with Crippen LogP contribution in [0.25, 0.3) is 0 Å². The maximum Gasteiger partial charge on any atom is 0.0724 e. The molecule has 0 atom stereocenters. The number of rotatable bonds is 3. The second-order valence-electron chi connectivity index (χ2n) is 6.99. The molecule has 4 aliphatic carbocycles. The van der Waals surface area contributed by atoms with E-state index in [0.717, 1.165) is 47.6 Å². The molecular formula is C16H23N3. The van der Waals surface area contributed by atoms with Gasteiger partial charge in [0.1, 0.15) is 0 Å². The lowest BCUT2D eigenvalue weighted by Gasteiger charge is -2.54. The molecule has 0 radical (unpaired) electrons. The summed E-state index contributed by atoms with van der Waals surface area (Å²) in [6.07, 6.45) is 11.2. The standard InChI is InChI=1S/C16H23N3/c1-10-7-18-15(8-17-10)9-19-16-13-3-11-2-12(5-13)6-14(16)4-11/h7-8,11-14,16,19H,2-6,9H2,1H3. The van der Waals surface area contributed by atoms with Crippen molar-refractivity contribution in [2.24, 2.45) is 23.7 Å². The normalized spacial score (nSPS) is 39.7. The Balaban J connectivity index is 1.42. The lowest BCUT2D eigenvalue weighted by molar-refractivity contribution is -0.0143. The lowest BCUT2D eigenvalue weighted by Crippen LogP contribution is -2.54. The second-order valence-corrected chi connectivity index (χ2v) is 6.99. The first-order valence-electron chi connectivity index (χ1n) is 7.79. The minimum atomic E-state index is 0.746. The van der Waals surface area contributed by atoms with E-state index in [1.54, 1.807) is 0 Å². The van der Waals surface area contributed by atoms with Gasteiger partial charge >= 0.3 is 0 Å². The molecule has 4 fully saturated rings. The summed E-state index contributed by atoms with van der Waals surface area (Å²) in [5.41, 5.74) is 2.08. The third-order valence-electron chi connectivity index (χ3n) is 5.58. The summed E-state index contributed by atoms with van der Waals surface area (Å²) >= 11 is 0. The van der Waals surface area contributed by atoms with Crippen LogP contribution in [0.3, 0.4) is 0 Å². The fourth-order valence-corrected chi connectivity index (χ4v) is 4.99. The Morgan fingerprint density at radius 1 is 1.00 bits per heavy atom. The van der Waals surface area contributed by atoms with Gasteiger partial charge in [-0.2, -0.15) is 0 Å². The minimum Gasteiger partial charge on any atom is -0.308 e. The number of aryl methyl sites for hydroxylation is 1. The molecule has 0 aliphatic heterocycles. The molecule has 0 unspecified atom stereocenters. The van der Waals surface area contributed by atoms with Gasteiger partial charge in [-0.15, -0.1) is 0 Å². The van der Waals surface area contributed by atoms with Crippen molar-refractivity contribution in [2.75, 3.05) is 0 Å². The zero-order valence-electron chi connectivity index (χ0n) is 11.7. The van der Waals surface area contributed by atoms with Gasteiger partial charge in [0, 0.05) is 25.0 Å². The largest absolute Gasteiger partial charge is 0.308 e. The lowest BCUT2D eigenvalue weighted by atomic mass is 9.54. The molecule has 0 aromatic carbocycles. The van der Waals surface area contributed by atoms with Gasteiger partial charge in [0.2, 0.25) is 0 Å². The van der Waals surface area contributed by atoms with Gasteiger partial charge in [0.05, 0.1) is 11.4 Å². The van der Waals surface area contributed by atoms with E-state index in [0.29, 0.717) is 0 Å². The quantitative estimate of drug-likeness (QED) is 0.904. The van der Waals surface area contributed by atoms with Crippen LogP contribution in [0, 0.1) is 30.6 Å². The molecule has 3 heteroatoms. The summed E-state index contributed by atoms with van der Waals surface area (Å²) in [5, 5.41) is 3.80. The SMILES string of the molecule is Cc1cnc(CNC2C3CC4CC(C3)CC2C4)cn1. The number of hydrogen-bond acceptors (Lipinski definition) is 3. The molecule has 1 heterocycles. The third kappa shape index (κ3) is 2.18. The fourth-order valence-electron chi connectivity index (χ4n) is 4.99. The highest BCUT2D eigenvalue weighted by molar-refractivity contribution is 5.04. The molecule has 4 aliphatic rings. The summed E-state index contributed by atoms with van der Waals surface area (Å²) in [6, 6.07) is 0.746. The predicted octanol–water partition coefficient (Wildman–Crippen LogP) is 2.70. The van der Waals surface area contributed by atoms with Crippen LogP contribution in [0.2, 0.25) is 0 Å². The third-order valence-corrected chi connectivity index (χ3v) is 5.58. The minimum absolute atomic E-state index is 0.746. The number of nitrogens with one attached hydrogen (secondary N) is 1. The average molecular weight is 257 g/mol. The van der Waals surface area contributed by atoms with Crippen molar-refractivity contribution < 1.29 is 0 Å². The molecule has 0 saturated heterocycles. The summed E-state index contributed by atoms with van der Waals surface area (Å²) in [6.45, 7) is 2.88. The second kappa shape index (κ2) is 4.55. The highest BCUT2D eigenvalue weighted by Gasteiger charge is 2.47. The Morgan fingerprint density at radius 3 is 2.26 bits per heavy atom. The van der Waals surface area contributed by atoms with Gasteiger partial charge in [-0.1, -0.05) is 0 Å². The molecule has 1 aromatic rings. The maximum absolute atomic E-state index is 4.46. The van der Waals surface area contributed by atoms with E-state index in [2.05, 4.69) is 15.3 Å². The number of aromatic nitrogens is 2. The van der Waals surface area contributed by atoms with Gasteiger partial charge in [0.15, 0.2) is 0 Å². The van der Waals surface area contributed by atoms with Crippen molar-refractivity contribution in [3.8, 4) is 0 Å². The van der Waals surface area contributed by atoms with Crippen molar-refractivity contribution in [2.45, 2.75) is 51.6 Å². The summed E-state index contributed by atoms with van der Waals surface area (Å²) in [5.74, 6) is 3.99. The Kier molecular flexibility index (Phi) is 2.83. The van der Waals surface area contributed by atoms with Gasteiger partial charge in [-0.25, -0.2) is 0 Å². The summed E-state index contributed by atoms with van der Waals surface area (Å²) in [7, 11) is 0. The molecule has 4 saturated carbocycles. The van der Waals surface area contributed by atoms with E-state index in [1.165, 1.54) is 32.1 Å². The smallest absolute Gasteiger partial charge is 0.0724 e. The first-order valence-corrected chi connectivity index (χ1v) is 7.79. The molecule has 4 bridgehead atoms. The first-order chi connectivity index (χ1) is 9.28. The van der Waals surface area contributed by atoms with E-state index in [-0.39, 0.29) is 0 Å². The van der Waals surface area contributed by atoms with Crippen LogP contribution in [-0.4, -0.2) is 16.0 Å². The molecule has 3 nitrogen and oxygen atoms in total. The maximum atomic E-state index is 4.46. The van der Waals surface area contributed by atoms with Crippen LogP contribution in [0.15, 0.2) is 12.4 Å². The first kappa shape index (κ1) is 11.8. The van der Waals surface area contributed by atoms with Crippen LogP contribution in [0.5, 0.6) is 0 Å². The summed E-state index contributed by atoms with van der Waals surface area (Å²) < 4.78 is 0. The van der Waals surface area contributed by atoms with Gasteiger partial charge < -0.3 is 5.32 Å². The van der Waals surface area contributed by atoms with E-state index in [1.807, 2.05) is 19.3 Å². The van der Waals surface area contributed by atoms with Gasteiger partial charge in [0.25, 0.3) is 0 Å². The van der Waals surface area contributed by atoms with E-state index in [9.17, 15) is 0 Å². The number of nitrogens with zero attached hydrogens (tertiary/aromatic N) is 2. The molecule has 0 amide bonds. The molecule has 0 spiro atoms. The van der Waals surface area contributed by atoms with Crippen LogP contribution >= 0.6 is 0 Å². The van der Waals surface area contributed by atoms with Crippen molar-refractivity contribution in [3.05, 3.63) is 23.8 Å². The predicted molar refractivity (Wildman–Crippen MR) is 74.4 cm³/mol. The Bertz CT molecular complexity index is 426. The zero-order valence-corrected chi connectivity index (χ0v) is 11.7. The highest BCUT2D eigenvalue weighted by Crippen LogP contribution is 2.53. The molecular weight excluding hydrogens is 234 g/mol. The van der Waals surface area contributed by atoms with Gasteiger partial charge in [-0.05, 0) is 62.7 Å². The Labute approximate surface area is 115 Å². The number of hydrogen-bond donors (Lipinski definition) is 1. The van der Waals surface area contributed by atoms with Crippen LogP contribution in [-0.2, 0) is 6.54 Å². The zero-order chi connectivity index (χ0) is 12.8. The van der Waals surface area contributed by atoms with Crippen LogP contribution in [0.1, 0.15) is 43.5 Å². The van der Waals surface area contributed by atoms with Gasteiger partial charge in [-0.3, -0.25) is 9.97 Å². The van der Waals surface area contributed by atoms with Crippen molar-refractivity contribution in [3.63, 3.8) is 0 Å². The van der Waals surface area contributed by atoms with E-state index in [4.69, 9.17) is 0 Å². The monoisotopic (exact) mass is 257 g/mol. The Morgan fingerprint density at radius 2 is 1.68 bits per heavy atom. The van der Waals surface area contributed by atoms with Crippen molar-refractivity contribution >= 4 is 0 Å². The highest BCUT2D eigenvalue weighted by atomic mass is 15.0. The van der Waals surface area contributed by atoms with E-state index >= 15 is 0 Å². The average Bonchev–Trinajstić information content (AvgIpc) is 2.39. The molecule has 19 heavy (non-hydrogen) atoms. The van der Waals surface area contributed by atoms with Crippen molar-refractivity contribution in [1.82, 2.24) is 15.3 Å². The molecule has 5 rings (SSSR count). The van der Waals surface area contributed by atoms with Crippen LogP contribution in [0.4, 0.5) is 0 Å². The summed E-state index contributed by atoms with van der Waals surface area (Å²) in [4.78, 5) is 8.79. The fraction of sp³-hybridized carbons (Fsp3) is 0.750. The van der Waals surface area contributed by atoms with E-state index < -0.39 is 0 Å². The topological polar surface area (TPSA) is 37.8 Å². The Hall–Kier alpha value is -0.960. The van der Waals surface area contributed by atoms with Crippen LogP contribution < -0.4 is 5.32 Å². The molecule has 1 aromatic heterocycles.